The third-order valence-electron chi connectivity index (χ3n) is 5.21. The summed E-state index contributed by atoms with van der Waals surface area (Å²) in [7, 11) is 1.70. The third kappa shape index (κ3) is 8.87. The Morgan fingerprint density at radius 2 is 1.32 bits per heavy atom. The van der Waals surface area contributed by atoms with Crippen LogP contribution in [0.5, 0.6) is 11.5 Å². The zero-order valence-corrected chi connectivity index (χ0v) is 18.8. The van der Waals surface area contributed by atoms with Gasteiger partial charge in [-0.2, -0.15) is 0 Å². The number of ether oxygens (including phenoxy) is 5. The number of hydrogen-bond donors (Lipinski definition) is 0. The van der Waals surface area contributed by atoms with Crippen molar-refractivity contribution in [2.24, 2.45) is 0 Å². The Morgan fingerprint density at radius 3 is 1.97 bits per heavy atom. The molecule has 6 heteroatoms. The highest BCUT2D eigenvalue weighted by atomic mass is 16.6. The minimum Gasteiger partial charge on any atom is -0.497 e. The molecule has 6 nitrogen and oxygen atoms in total. The first kappa shape index (κ1) is 23.5. The molecule has 3 rings (SSSR count). The SMILES string of the molecule is CCOCCOCCOCCOc1ccc(C[C@H]2CN2Cc2ccc(OC)cc2)cc1. The summed E-state index contributed by atoms with van der Waals surface area (Å²) in [6.45, 7) is 8.34. The van der Waals surface area contributed by atoms with E-state index in [1.54, 1.807) is 7.11 Å². The highest BCUT2D eigenvalue weighted by Crippen LogP contribution is 2.26. The second-order valence-corrected chi connectivity index (χ2v) is 7.55. The molecule has 2 aromatic rings. The van der Waals surface area contributed by atoms with Crippen LogP contribution in [0.15, 0.2) is 48.5 Å². The number of methoxy groups -OCH3 is 1. The minimum atomic E-state index is 0.538. The molecule has 0 amide bonds. The van der Waals surface area contributed by atoms with Gasteiger partial charge in [-0.05, 0) is 48.7 Å². The second kappa shape index (κ2) is 13.3. The van der Waals surface area contributed by atoms with E-state index in [1.165, 1.54) is 11.1 Å². The maximum Gasteiger partial charge on any atom is 0.119 e. The van der Waals surface area contributed by atoms with Crippen LogP contribution in [0.25, 0.3) is 0 Å². The van der Waals surface area contributed by atoms with E-state index in [4.69, 9.17) is 23.7 Å². The van der Waals surface area contributed by atoms with Crippen LogP contribution in [-0.2, 0) is 27.2 Å². The highest BCUT2D eigenvalue weighted by molar-refractivity contribution is 5.29. The van der Waals surface area contributed by atoms with Crippen molar-refractivity contribution in [3.8, 4) is 11.5 Å². The van der Waals surface area contributed by atoms with Crippen molar-refractivity contribution in [1.29, 1.82) is 0 Å². The summed E-state index contributed by atoms with van der Waals surface area (Å²) in [5, 5.41) is 0. The molecule has 0 N–H and O–H groups in total. The lowest BCUT2D eigenvalue weighted by Gasteiger charge is -2.09. The first-order chi connectivity index (χ1) is 15.3. The Kier molecular flexibility index (Phi) is 10.1. The Balaban J connectivity index is 1.24. The van der Waals surface area contributed by atoms with Crippen molar-refractivity contribution < 1.29 is 23.7 Å². The van der Waals surface area contributed by atoms with Crippen molar-refractivity contribution >= 4 is 0 Å². The lowest BCUT2D eigenvalue weighted by molar-refractivity contribution is 0.0114. The molecule has 1 aliphatic rings. The van der Waals surface area contributed by atoms with Crippen molar-refractivity contribution in [2.45, 2.75) is 25.9 Å². The molecule has 1 fully saturated rings. The van der Waals surface area contributed by atoms with Crippen LogP contribution >= 0.6 is 0 Å². The molecule has 1 saturated heterocycles. The molecule has 170 valence electrons. The van der Waals surface area contributed by atoms with E-state index in [1.807, 2.05) is 31.2 Å². The largest absolute Gasteiger partial charge is 0.497 e. The third-order valence-corrected chi connectivity index (χ3v) is 5.21. The van der Waals surface area contributed by atoms with Crippen LogP contribution < -0.4 is 9.47 Å². The predicted octanol–water partition coefficient (Wildman–Crippen LogP) is 3.57. The van der Waals surface area contributed by atoms with Gasteiger partial charge >= 0.3 is 0 Å². The molecule has 0 saturated carbocycles. The average molecular weight is 430 g/mol. The fourth-order valence-electron chi connectivity index (χ4n) is 3.37. The Morgan fingerprint density at radius 1 is 0.742 bits per heavy atom. The van der Waals surface area contributed by atoms with Gasteiger partial charge in [0.2, 0.25) is 0 Å². The number of hydrogen-bond acceptors (Lipinski definition) is 6. The van der Waals surface area contributed by atoms with Crippen LogP contribution in [0.3, 0.4) is 0 Å². The fourth-order valence-corrected chi connectivity index (χ4v) is 3.37. The molecule has 1 heterocycles. The lowest BCUT2D eigenvalue weighted by Crippen LogP contribution is -2.12. The van der Waals surface area contributed by atoms with Gasteiger partial charge in [-0.3, -0.25) is 4.90 Å². The summed E-state index contributed by atoms with van der Waals surface area (Å²) in [5.74, 6) is 1.79. The number of nitrogens with zero attached hydrogens (tertiary/aromatic N) is 1. The Hall–Kier alpha value is -2.12. The molecular formula is C25H35NO5. The summed E-state index contributed by atoms with van der Waals surface area (Å²) in [6, 6.07) is 17.4. The van der Waals surface area contributed by atoms with Crippen molar-refractivity contribution in [3.05, 3.63) is 59.7 Å². The summed E-state index contributed by atoms with van der Waals surface area (Å²) < 4.78 is 27.1. The molecule has 0 aromatic heterocycles. The smallest absolute Gasteiger partial charge is 0.119 e. The van der Waals surface area contributed by atoms with E-state index < -0.39 is 0 Å². The van der Waals surface area contributed by atoms with E-state index >= 15 is 0 Å². The first-order valence-electron chi connectivity index (χ1n) is 11.1. The van der Waals surface area contributed by atoms with Crippen molar-refractivity contribution in [2.75, 3.05) is 59.9 Å². The summed E-state index contributed by atoms with van der Waals surface area (Å²) in [5.41, 5.74) is 2.67. The van der Waals surface area contributed by atoms with Gasteiger partial charge in [0.1, 0.15) is 18.1 Å². The van der Waals surface area contributed by atoms with E-state index in [2.05, 4.69) is 29.2 Å². The van der Waals surface area contributed by atoms with Crippen LogP contribution in [-0.4, -0.2) is 70.8 Å². The second-order valence-electron chi connectivity index (χ2n) is 7.55. The lowest BCUT2D eigenvalue weighted by atomic mass is 10.1. The van der Waals surface area contributed by atoms with Gasteiger partial charge in [0.05, 0.1) is 40.1 Å². The summed E-state index contributed by atoms with van der Waals surface area (Å²) in [4.78, 5) is 2.49. The zero-order chi connectivity index (χ0) is 21.7. The van der Waals surface area contributed by atoms with Crippen LogP contribution in [0.4, 0.5) is 0 Å². The molecule has 1 aliphatic heterocycles. The molecule has 0 radical (unpaired) electrons. The number of rotatable bonds is 16. The van der Waals surface area contributed by atoms with Crippen molar-refractivity contribution in [1.82, 2.24) is 4.90 Å². The van der Waals surface area contributed by atoms with Gasteiger partial charge in [0.15, 0.2) is 0 Å². The topological polar surface area (TPSA) is 49.2 Å². The predicted molar refractivity (Wildman–Crippen MR) is 121 cm³/mol. The fraction of sp³-hybridized carbons (Fsp3) is 0.520. The minimum absolute atomic E-state index is 0.538. The average Bonchev–Trinajstić information content (AvgIpc) is 3.53. The van der Waals surface area contributed by atoms with Gasteiger partial charge in [0, 0.05) is 25.7 Å². The van der Waals surface area contributed by atoms with Crippen LogP contribution in [0.1, 0.15) is 18.1 Å². The molecular weight excluding hydrogens is 394 g/mol. The standard InChI is InChI=1S/C25H35NO5/c1-3-28-12-13-29-14-15-30-16-17-31-25-10-4-21(5-11-25)18-23-20-26(23)19-22-6-8-24(27-2)9-7-22/h4-11,23H,3,12-20H2,1-2H3/t23-,26?/m0/s1. The molecule has 2 aromatic carbocycles. The van der Waals surface area contributed by atoms with Crippen molar-refractivity contribution in [3.63, 3.8) is 0 Å². The molecule has 31 heavy (non-hydrogen) atoms. The Labute approximate surface area is 186 Å². The normalized spacial score (nSPS) is 17.5. The van der Waals surface area contributed by atoms with Crippen LogP contribution in [0, 0.1) is 0 Å². The maximum atomic E-state index is 5.75. The molecule has 0 bridgehead atoms. The van der Waals surface area contributed by atoms with Crippen LogP contribution in [0.2, 0.25) is 0 Å². The van der Waals surface area contributed by atoms with Gasteiger partial charge in [-0.25, -0.2) is 0 Å². The molecule has 0 spiro atoms. The van der Waals surface area contributed by atoms with Gasteiger partial charge in [-0.1, -0.05) is 24.3 Å². The van der Waals surface area contributed by atoms with E-state index in [-0.39, 0.29) is 0 Å². The monoisotopic (exact) mass is 429 g/mol. The van der Waals surface area contributed by atoms with Gasteiger partial charge in [0.25, 0.3) is 0 Å². The maximum absolute atomic E-state index is 5.75. The Bertz CT molecular complexity index is 735. The van der Waals surface area contributed by atoms with E-state index in [0.29, 0.717) is 45.7 Å². The molecule has 0 aliphatic carbocycles. The quantitative estimate of drug-likeness (QED) is 0.300. The van der Waals surface area contributed by atoms with E-state index in [0.717, 1.165) is 37.6 Å². The summed E-state index contributed by atoms with van der Waals surface area (Å²) in [6.07, 6.45) is 1.07. The zero-order valence-electron chi connectivity index (χ0n) is 18.8. The highest BCUT2D eigenvalue weighted by Gasteiger charge is 2.33. The molecule has 1 unspecified atom stereocenters. The summed E-state index contributed by atoms with van der Waals surface area (Å²) >= 11 is 0. The number of benzene rings is 2. The molecule has 2 atom stereocenters. The first-order valence-corrected chi connectivity index (χ1v) is 11.1. The van der Waals surface area contributed by atoms with Gasteiger partial charge < -0.3 is 23.7 Å². The van der Waals surface area contributed by atoms with Gasteiger partial charge in [-0.15, -0.1) is 0 Å². The van der Waals surface area contributed by atoms with E-state index in [9.17, 15) is 0 Å².